The molecule has 0 N–H and O–H groups in total. The van der Waals surface area contributed by atoms with E-state index < -0.39 is 0 Å². The largest absolute Gasteiger partial charge is 0.313 e. The van der Waals surface area contributed by atoms with Gasteiger partial charge in [-0.15, -0.1) is 0 Å². The van der Waals surface area contributed by atoms with Crippen molar-refractivity contribution in [2.75, 3.05) is 13.1 Å². The number of piperidine rings is 1. The summed E-state index contributed by atoms with van der Waals surface area (Å²) in [6.45, 7) is 5.82. The molecule has 20 heavy (non-hydrogen) atoms. The van der Waals surface area contributed by atoms with Gasteiger partial charge in [0.15, 0.2) is 0 Å². The maximum atomic E-state index is 9.05. The van der Waals surface area contributed by atoms with E-state index in [-0.39, 0.29) is 0 Å². The number of imidazole rings is 1. The summed E-state index contributed by atoms with van der Waals surface area (Å²) in [5.41, 5.74) is 2.05. The fourth-order valence-electron chi connectivity index (χ4n) is 2.91. The summed E-state index contributed by atoms with van der Waals surface area (Å²) >= 11 is 0. The van der Waals surface area contributed by atoms with Crippen molar-refractivity contribution in [2.45, 2.75) is 32.9 Å². The van der Waals surface area contributed by atoms with Crippen LogP contribution in [-0.2, 0) is 13.1 Å². The van der Waals surface area contributed by atoms with Crippen molar-refractivity contribution >= 4 is 11.0 Å². The van der Waals surface area contributed by atoms with Gasteiger partial charge in [-0.2, -0.15) is 5.26 Å². The van der Waals surface area contributed by atoms with Gasteiger partial charge in [-0.25, -0.2) is 4.98 Å². The Morgan fingerprint density at radius 2 is 2.05 bits per heavy atom. The Bertz CT molecular complexity index is 629. The summed E-state index contributed by atoms with van der Waals surface area (Å²) in [5.74, 6) is 1.85. The van der Waals surface area contributed by atoms with E-state index in [1.165, 1.54) is 12.8 Å². The van der Waals surface area contributed by atoms with Gasteiger partial charge in [0.25, 0.3) is 0 Å². The van der Waals surface area contributed by atoms with Crippen LogP contribution in [0.1, 0.15) is 25.6 Å². The van der Waals surface area contributed by atoms with Crippen LogP contribution in [0.15, 0.2) is 24.3 Å². The standard InChI is InChI=1S/C16H20N4/c1-13-6-9-19(10-7-13)12-16-18-14-4-2-3-5-15(14)20(16)11-8-17/h2-5,13H,6-7,9-12H2,1H3. The lowest BCUT2D eigenvalue weighted by Gasteiger charge is -2.29. The normalized spacial score (nSPS) is 17.4. The Morgan fingerprint density at radius 1 is 1.30 bits per heavy atom. The van der Waals surface area contributed by atoms with Crippen molar-refractivity contribution in [1.29, 1.82) is 5.26 Å². The van der Waals surface area contributed by atoms with Gasteiger partial charge in [-0.05, 0) is 44.0 Å². The van der Waals surface area contributed by atoms with Crippen LogP contribution in [0.2, 0.25) is 0 Å². The van der Waals surface area contributed by atoms with Crippen LogP contribution in [0.3, 0.4) is 0 Å². The monoisotopic (exact) mass is 268 g/mol. The molecule has 1 aromatic carbocycles. The van der Waals surface area contributed by atoms with Crippen LogP contribution in [0, 0.1) is 17.2 Å². The van der Waals surface area contributed by atoms with Crippen LogP contribution in [0.4, 0.5) is 0 Å². The number of hydrogen-bond donors (Lipinski definition) is 0. The molecule has 1 aliphatic rings. The van der Waals surface area contributed by atoms with E-state index in [0.29, 0.717) is 6.54 Å². The van der Waals surface area contributed by atoms with Gasteiger partial charge in [-0.3, -0.25) is 4.90 Å². The third kappa shape index (κ3) is 2.54. The van der Waals surface area contributed by atoms with Crippen molar-refractivity contribution in [3.05, 3.63) is 30.1 Å². The van der Waals surface area contributed by atoms with E-state index in [0.717, 1.165) is 42.4 Å². The number of para-hydroxylation sites is 2. The van der Waals surface area contributed by atoms with Crippen LogP contribution < -0.4 is 0 Å². The number of likely N-dealkylation sites (tertiary alicyclic amines) is 1. The summed E-state index contributed by atoms with van der Waals surface area (Å²) < 4.78 is 2.05. The molecule has 2 aromatic rings. The first kappa shape index (κ1) is 13.1. The highest BCUT2D eigenvalue weighted by molar-refractivity contribution is 5.76. The maximum Gasteiger partial charge on any atom is 0.125 e. The molecule has 0 unspecified atom stereocenters. The molecule has 1 aliphatic heterocycles. The van der Waals surface area contributed by atoms with Gasteiger partial charge in [0.1, 0.15) is 12.4 Å². The summed E-state index contributed by atoms with van der Waals surface area (Å²) in [4.78, 5) is 7.17. The quantitative estimate of drug-likeness (QED) is 0.860. The first-order valence-corrected chi connectivity index (χ1v) is 7.31. The van der Waals surface area contributed by atoms with Crippen molar-refractivity contribution in [3.63, 3.8) is 0 Å². The number of benzene rings is 1. The number of nitriles is 1. The molecule has 2 heterocycles. The molecule has 1 saturated heterocycles. The molecule has 1 aromatic heterocycles. The average Bonchev–Trinajstić information content (AvgIpc) is 2.80. The van der Waals surface area contributed by atoms with Crippen molar-refractivity contribution in [3.8, 4) is 6.07 Å². The van der Waals surface area contributed by atoms with Gasteiger partial charge >= 0.3 is 0 Å². The second-order valence-corrected chi connectivity index (χ2v) is 5.72. The average molecular weight is 268 g/mol. The Hall–Kier alpha value is -1.86. The van der Waals surface area contributed by atoms with Gasteiger partial charge in [0, 0.05) is 0 Å². The highest BCUT2D eigenvalue weighted by Crippen LogP contribution is 2.21. The number of nitrogens with zero attached hydrogens (tertiary/aromatic N) is 4. The van der Waals surface area contributed by atoms with E-state index in [4.69, 9.17) is 10.2 Å². The smallest absolute Gasteiger partial charge is 0.125 e. The Balaban J connectivity index is 1.87. The highest BCUT2D eigenvalue weighted by atomic mass is 15.2. The van der Waals surface area contributed by atoms with Crippen LogP contribution in [0.5, 0.6) is 0 Å². The summed E-state index contributed by atoms with van der Waals surface area (Å²) in [5, 5.41) is 9.05. The number of fused-ring (bicyclic) bond motifs is 1. The predicted molar refractivity (Wildman–Crippen MR) is 79.0 cm³/mol. The molecule has 0 aliphatic carbocycles. The first-order valence-electron chi connectivity index (χ1n) is 7.31. The minimum atomic E-state index is 0.375. The molecule has 0 atom stereocenters. The number of aromatic nitrogens is 2. The lowest BCUT2D eigenvalue weighted by Crippen LogP contribution is -2.33. The molecule has 0 saturated carbocycles. The topological polar surface area (TPSA) is 44.9 Å². The zero-order valence-corrected chi connectivity index (χ0v) is 11.9. The van der Waals surface area contributed by atoms with Crippen LogP contribution in [-0.4, -0.2) is 27.5 Å². The molecule has 0 spiro atoms. The summed E-state index contributed by atoms with van der Waals surface area (Å²) in [6.07, 6.45) is 2.52. The zero-order chi connectivity index (χ0) is 13.9. The zero-order valence-electron chi connectivity index (χ0n) is 11.9. The second kappa shape index (κ2) is 5.64. The molecule has 0 radical (unpaired) electrons. The molecule has 1 fully saturated rings. The Kier molecular flexibility index (Phi) is 3.70. The molecular weight excluding hydrogens is 248 g/mol. The molecular formula is C16H20N4. The van der Waals surface area contributed by atoms with Crippen molar-refractivity contribution in [1.82, 2.24) is 14.5 Å². The SMILES string of the molecule is CC1CCN(Cc2nc3ccccc3n2CC#N)CC1. The summed E-state index contributed by atoms with van der Waals surface area (Å²) in [6, 6.07) is 10.3. The minimum Gasteiger partial charge on any atom is -0.313 e. The fraction of sp³-hybridized carbons (Fsp3) is 0.500. The van der Waals surface area contributed by atoms with Crippen molar-refractivity contribution < 1.29 is 0 Å². The third-order valence-corrected chi connectivity index (χ3v) is 4.20. The van der Waals surface area contributed by atoms with Crippen LogP contribution >= 0.6 is 0 Å². The van der Waals surface area contributed by atoms with Gasteiger partial charge in [0.2, 0.25) is 0 Å². The summed E-state index contributed by atoms with van der Waals surface area (Å²) in [7, 11) is 0. The van der Waals surface area contributed by atoms with Gasteiger partial charge in [0.05, 0.1) is 23.6 Å². The minimum absolute atomic E-state index is 0.375. The predicted octanol–water partition coefficient (Wildman–Crippen LogP) is 2.79. The fourth-order valence-corrected chi connectivity index (χ4v) is 2.91. The van der Waals surface area contributed by atoms with E-state index in [1.807, 2.05) is 28.8 Å². The lowest BCUT2D eigenvalue weighted by molar-refractivity contribution is 0.180. The van der Waals surface area contributed by atoms with E-state index in [9.17, 15) is 0 Å². The molecule has 0 amide bonds. The first-order chi connectivity index (χ1) is 9.78. The Morgan fingerprint density at radius 3 is 2.80 bits per heavy atom. The molecule has 4 nitrogen and oxygen atoms in total. The van der Waals surface area contributed by atoms with Crippen molar-refractivity contribution in [2.24, 2.45) is 5.92 Å². The second-order valence-electron chi connectivity index (χ2n) is 5.72. The number of hydrogen-bond acceptors (Lipinski definition) is 3. The third-order valence-electron chi connectivity index (χ3n) is 4.20. The van der Waals surface area contributed by atoms with Gasteiger partial charge < -0.3 is 4.57 Å². The van der Waals surface area contributed by atoms with Crippen LogP contribution in [0.25, 0.3) is 11.0 Å². The maximum absolute atomic E-state index is 9.05. The molecule has 104 valence electrons. The lowest BCUT2D eigenvalue weighted by atomic mass is 9.99. The van der Waals surface area contributed by atoms with E-state index >= 15 is 0 Å². The highest BCUT2D eigenvalue weighted by Gasteiger charge is 2.18. The Labute approximate surface area is 119 Å². The number of rotatable bonds is 3. The van der Waals surface area contributed by atoms with E-state index in [1.54, 1.807) is 0 Å². The van der Waals surface area contributed by atoms with E-state index in [2.05, 4.69) is 17.9 Å². The van der Waals surface area contributed by atoms with Gasteiger partial charge in [-0.1, -0.05) is 19.1 Å². The molecule has 3 rings (SSSR count). The molecule has 0 bridgehead atoms. The molecule has 4 heteroatoms.